The van der Waals surface area contributed by atoms with Crippen molar-refractivity contribution >= 4 is 35.8 Å². The van der Waals surface area contributed by atoms with Gasteiger partial charge in [-0.1, -0.05) is 6.07 Å². The lowest BCUT2D eigenvalue weighted by atomic mass is 9.79. The Balaban J connectivity index is 0.00000225. The molecule has 4 rings (SSSR count). The summed E-state index contributed by atoms with van der Waals surface area (Å²) in [7, 11) is 1.82. The number of carbonyl (C=O) groups is 1. The summed E-state index contributed by atoms with van der Waals surface area (Å²) in [5.41, 5.74) is 1.19. The molecule has 0 saturated carbocycles. The van der Waals surface area contributed by atoms with E-state index in [1.54, 1.807) is 0 Å². The van der Waals surface area contributed by atoms with E-state index >= 15 is 0 Å². The number of fused-ring (bicyclic) bond motifs is 1. The van der Waals surface area contributed by atoms with Crippen molar-refractivity contribution < 1.29 is 14.3 Å². The van der Waals surface area contributed by atoms with Gasteiger partial charge < -0.3 is 25.0 Å². The van der Waals surface area contributed by atoms with Gasteiger partial charge in [-0.05, 0) is 30.5 Å². The van der Waals surface area contributed by atoms with Crippen LogP contribution in [0.1, 0.15) is 31.2 Å². The number of piperidine rings is 1. The summed E-state index contributed by atoms with van der Waals surface area (Å²) in [6.45, 7) is 4.67. The number of hydrogen-bond donors (Lipinski definition) is 2. The zero-order chi connectivity index (χ0) is 18.7. The molecule has 3 heterocycles. The molecule has 0 aliphatic carbocycles. The molecule has 3 aliphatic heterocycles. The first-order valence-electron chi connectivity index (χ1n) is 9.78. The number of hydrogen-bond acceptors (Lipinski definition) is 4. The quantitative estimate of drug-likeness (QED) is 0.370. The Labute approximate surface area is 183 Å². The van der Waals surface area contributed by atoms with Gasteiger partial charge in [-0.15, -0.1) is 24.0 Å². The van der Waals surface area contributed by atoms with E-state index < -0.39 is 0 Å². The summed E-state index contributed by atoms with van der Waals surface area (Å²) in [4.78, 5) is 18.5. The number of carbonyl (C=O) groups excluding carboxylic acids is 1. The van der Waals surface area contributed by atoms with Crippen molar-refractivity contribution in [1.29, 1.82) is 0 Å². The highest BCUT2D eigenvalue weighted by Gasteiger charge is 2.42. The van der Waals surface area contributed by atoms with E-state index in [1.807, 2.05) is 19.2 Å². The van der Waals surface area contributed by atoms with Crippen LogP contribution in [0.3, 0.4) is 0 Å². The van der Waals surface area contributed by atoms with Crippen molar-refractivity contribution in [3.63, 3.8) is 0 Å². The minimum absolute atomic E-state index is 0. The fourth-order valence-electron chi connectivity index (χ4n) is 4.26. The molecule has 8 heteroatoms. The van der Waals surface area contributed by atoms with Crippen molar-refractivity contribution in [3.8, 4) is 11.5 Å². The van der Waals surface area contributed by atoms with Gasteiger partial charge in [0.25, 0.3) is 0 Å². The molecule has 2 saturated heterocycles. The van der Waals surface area contributed by atoms with Crippen LogP contribution in [-0.4, -0.2) is 56.7 Å². The molecule has 3 aliphatic rings. The molecule has 1 aromatic rings. The lowest BCUT2D eigenvalue weighted by molar-refractivity contribution is -0.119. The van der Waals surface area contributed by atoms with E-state index in [4.69, 9.17) is 9.47 Å². The van der Waals surface area contributed by atoms with Crippen LogP contribution in [0.2, 0.25) is 0 Å². The molecule has 2 fully saturated rings. The fraction of sp³-hybridized carbons (Fsp3) is 0.600. The molecule has 0 aromatic heterocycles. The number of benzene rings is 1. The molecule has 0 radical (unpaired) electrons. The van der Waals surface area contributed by atoms with Crippen LogP contribution in [0.4, 0.5) is 0 Å². The Bertz CT molecular complexity index is 742. The second-order valence-electron chi connectivity index (χ2n) is 7.71. The summed E-state index contributed by atoms with van der Waals surface area (Å²) in [6, 6.07) is 6.08. The second-order valence-corrected chi connectivity index (χ2v) is 7.71. The number of nitrogens with zero attached hydrogens (tertiary/aromatic N) is 2. The van der Waals surface area contributed by atoms with Crippen LogP contribution < -0.4 is 20.1 Å². The molecule has 0 bridgehead atoms. The van der Waals surface area contributed by atoms with Crippen LogP contribution in [-0.2, 0) is 11.3 Å². The first-order chi connectivity index (χ1) is 13.2. The third-order valence-electron chi connectivity index (χ3n) is 5.63. The minimum Gasteiger partial charge on any atom is -0.490 e. The van der Waals surface area contributed by atoms with Gasteiger partial charge in [0.2, 0.25) is 5.91 Å². The van der Waals surface area contributed by atoms with Gasteiger partial charge in [0.15, 0.2) is 17.5 Å². The number of nitrogens with one attached hydrogen (secondary N) is 2. The van der Waals surface area contributed by atoms with Gasteiger partial charge in [0, 0.05) is 51.5 Å². The van der Waals surface area contributed by atoms with Gasteiger partial charge in [-0.25, -0.2) is 0 Å². The molecule has 1 aromatic carbocycles. The summed E-state index contributed by atoms with van der Waals surface area (Å²) >= 11 is 0. The van der Waals surface area contributed by atoms with E-state index in [1.165, 1.54) is 0 Å². The lowest BCUT2D eigenvalue weighted by Gasteiger charge is -2.40. The highest BCUT2D eigenvalue weighted by Crippen LogP contribution is 2.36. The van der Waals surface area contributed by atoms with E-state index in [9.17, 15) is 4.79 Å². The molecule has 1 atom stereocenters. The molecule has 1 spiro atoms. The van der Waals surface area contributed by atoms with Gasteiger partial charge in [-0.3, -0.25) is 9.79 Å². The van der Waals surface area contributed by atoms with Gasteiger partial charge >= 0.3 is 0 Å². The smallest absolute Gasteiger partial charge is 0.220 e. The van der Waals surface area contributed by atoms with Gasteiger partial charge in [0.05, 0.1) is 13.2 Å². The predicted octanol–water partition coefficient (Wildman–Crippen LogP) is 2.14. The number of halogens is 1. The number of rotatable bonds is 2. The monoisotopic (exact) mass is 500 g/mol. The molecule has 28 heavy (non-hydrogen) atoms. The van der Waals surface area contributed by atoms with Crippen LogP contribution in [0.5, 0.6) is 11.5 Å². The summed E-state index contributed by atoms with van der Waals surface area (Å²) < 4.78 is 11.5. The standard InChI is InChI=1S/C20H28N4O3.HI/c1-21-19(24-7-2-6-20(14-24)11-18(25)23-13-20)22-12-15-4-5-16-17(10-15)27-9-3-8-26-16;/h4-5,10H,2-3,6-9,11-14H2,1H3,(H,21,22)(H,23,25);1H. The highest BCUT2D eigenvalue weighted by atomic mass is 127. The molecule has 2 N–H and O–H groups in total. The Morgan fingerprint density at radius 1 is 1.29 bits per heavy atom. The normalized spacial score (nSPS) is 24.4. The third-order valence-corrected chi connectivity index (χ3v) is 5.63. The van der Waals surface area contributed by atoms with E-state index in [0.717, 1.165) is 61.9 Å². The molecule has 1 amide bonds. The van der Waals surface area contributed by atoms with Crippen LogP contribution in [0, 0.1) is 5.41 Å². The number of ether oxygens (including phenoxy) is 2. The van der Waals surface area contributed by atoms with Crippen molar-refractivity contribution in [3.05, 3.63) is 23.8 Å². The number of aliphatic imine (C=N–C) groups is 1. The molecule has 7 nitrogen and oxygen atoms in total. The van der Waals surface area contributed by atoms with Crippen LogP contribution >= 0.6 is 24.0 Å². The summed E-state index contributed by atoms with van der Waals surface area (Å²) in [5, 5.41) is 6.47. The number of likely N-dealkylation sites (tertiary alicyclic amines) is 1. The lowest BCUT2D eigenvalue weighted by Crippen LogP contribution is -2.51. The summed E-state index contributed by atoms with van der Waals surface area (Å²) in [5.74, 6) is 2.69. The SMILES string of the molecule is CN=C(NCc1ccc2c(c1)OCCCO2)N1CCCC2(CNC(=O)C2)C1.I. The molecule has 154 valence electrons. The zero-order valence-corrected chi connectivity index (χ0v) is 18.7. The van der Waals surface area contributed by atoms with Crippen molar-refractivity contribution in [2.75, 3.05) is 39.9 Å². The Hall–Kier alpha value is -1.71. The second kappa shape index (κ2) is 9.19. The summed E-state index contributed by atoms with van der Waals surface area (Å²) in [6.07, 6.45) is 3.71. The first kappa shape index (κ1) is 21.0. The topological polar surface area (TPSA) is 75.2 Å². The van der Waals surface area contributed by atoms with Crippen molar-refractivity contribution in [2.24, 2.45) is 10.4 Å². The van der Waals surface area contributed by atoms with Crippen molar-refractivity contribution in [1.82, 2.24) is 15.5 Å². The predicted molar refractivity (Wildman–Crippen MR) is 119 cm³/mol. The first-order valence-corrected chi connectivity index (χ1v) is 9.78. The van der Waals surface area contributed by atoms with Crippen LogP contribution in [0.15, 0.2) is 23.2 Å². The maximum atomic E-state index is 11.7. The Morgan fingerprint density at radius 3 is 2.86 bits per heavy atom. The largest absolute Gasteiger partial charge is 0.490 e. The van der Waals surface area contributed by atoms with E-state index in [2.05, 4.69) is 26.6 Å². The maximum Gasteiger partial charge on any atom is 0.220 e. The minimum atomic E-state index is 0. The maximum absolute atomic E-state index is 11.7. The average Bonchev–Trinajstić information content (AvgIpc) is 2.89. The third kappa shape index (κ3) is 4.64. The molecular formula is C20H29IN4O3. The highest BCUT2D eigenvalue weighted by molar-refractivity contribution is 14.0. The average molecular weight is 500 g/mol. The molecular weight excluding hydrogens is 471 g/mol. The van der Waals surface area contributed by atoms with Crippen LogP contribution in [0.25, 0.3) is 0 Å². The van der Waals surface area contributed by atoms with Crippen molar-refractivity contribution in [2.45, 2.75) is 32.2 Å². The zero-order valence-electron chi connectivity index (χ0n) is 16.3. The Kier molecular flexibility index (Phi) is 6.90. The van der Waals surface area contributed by atoms with E-state index in [-0.39, 0.29) is 35.3 Å². The van der Waals surface area contributed by atoms with Gasteiger partial charge in [-0.2, -0.15) is 0 Å². The van der Waals surface area contributed by atoms with Gasteiger partial charge in [0.1, 0.15) is 0 Å². The number of guanidine groups is 1. The number of amides is 1. The molecule has 1 unspecified atom stereocenters. The Morgan fingerprint density at radius 2 is 2.11 bits per heavy atom. The fourth-order valence-corrected chi connectivity index (χ4v) is 4.26. The van der Waals surface area contributed by atoms with E-state index in [0.29, 0.717) is 26.2 Å².